The number of anilines is 2. The number of likely N-dealkylation sites (N-methyl/N-ethyl adjacent to an activating group) is 1. The maximum atomic E-state index is 5.75. The summed E-state index contributed by atoms with van der Waals surface area (Å²) in [6, 6.07) is 5.69. The number of aromatic nitrogens is 2. The smallest absolute Gasteiger partial charge is 0.216 e. The lowest BCUT2D eigenvalue weighted by Gasteiger charge is -2.32. The van der Waals surface area contributed by atoms with E-state index >= 15 is 0 Å². The zero-order chi connectivity index (χ0) is 12.5. The van der Waals surface area contributed by atoms with E-state index in [1.807, 2.05) is 18.2 Å². The molecule has 6 heteroatoms. The third kappa shape index (κ3) is 2.25. The number of hydrogen-bond donors (Lipinski definition) is 3. The first-order chi connectivity index (χ1) is 8.70. The van der Waals surface area contributed by atoms with Crippen LogP contribution < -0.4 is 11.2 Å². The summed E-state index contributed by atoms with van der Waals surface area (Å²) in [7, 11) is 2.14. The summed E-state index contributed by atoms with van der Waals surface area (Å²) in [6.45, 7) is 4.13. The van der Waals surface area contributed by atoms with E-state index in [2.05, 4.69) is 32.4 Å². The molecule has 0 atom stereocenters. The monoisotopic (exact) mass is 246 g/mol. The lowest BCUT2D eigenvalue weighted by molar-refractivity contribution is 0.178. The minimum atomic E-state index is 0.747. The zero-order valence-corrected chi connectivity index (χ0v) is 10.5. The topological polar surface area (TPSA) is 73.2 Å². The van der Waals surface area contributed by atoms with Crippen LogP contribution in [0.5, 0.6) is 0 Å². The van der Waals surface area contributed by atoms with Crippen molar-refractivity contribution in [3.8, 4) is 0 Å². The second kappa shape index (κ2) is 4.47. The fraction of sp³-hybridized carbons (Fsp3) is 0.417. The highest BCUT2D eigenvalue weighted by Crippen LogP contribution is 2.17. The van der Waals surface area contributed by atoms with Crippen molar-refractivity contribution in [2.24, 2.45) is 0 Å². The number of nitrogens with two attached hydrogens (primary N) is 1. The average Bonchev–Trinajstić information content (AvgIpc) is 2.73. The predicted octanol–water partition coefficient (Wildman–Crippen LogP) is 0.719. The number of benzene rings is 1. The molecule has 18 heavy (non-hydrogen) atoms. The van der Waals surface area contributed by atoms with Gasteiger partial charge in [-0.05, 0) is 25.2 Å². The molecule has 1 fully saturated rings. The fourth-order valence-electron chi connectivity index (χ4n) is 2.15. The number of nitrogens with zero attached hydrogens (tertiary/aromatic N) is 3. The summed E-state index contributed by atoms with van der Waals surface area (Å²) in [5.74, 6) is 0.778. The van der Waals surface area contributed by atoms with Crippen molar-refractivity contribution in [2.75, 3.05) is 44.4 Å². The Morgan fingerprint density at radius 1 is 1.28 bits per heavy atom. The van der Waals surface area contributed by atoms with Gasteiger partial charge in [0.2, 0.25) is 5.95 Å². The van der Waals surface area contributed by atoms with Crippen LogP contribution in [0.25, 0.3) is 11.0 Å². The highest BCUT2D eigenvalue weighted by molar-refractivity contribution is 5.80. The molecule has 6 nitrogen and oxygen atoms in total. The maximum Gasteiger partial charge on any atom is 0.216 e. The molecule has 2 heterocycles. The van der Waals surface area contributed by atoms with E-state index in [1.54, 1.807) is 0 Å². The molecule has 0 radical (unpaired) electrons. The number of imidazole rings is 1. The Labute approximate surface area is 106 Å². The van der Waals surface area contributed by atoms with Crippen LogP contribution >= 0.6 is 0 Å². The third-order valence-corrected chi connectivity index (χ3v) is 3.27. The number of aromatic amines is 1. The molecule has 1 aliphatic rings. The van der Waals surface area contributed by atoms with Crippen LogP contribution in [0.2, 0.25) is 0 Å². The van der Waals surface area contributed by atoms with E-state index in [4.69, 9.17) is 5.73 Å². The van der Waals surface area contributed by atoms with Gasteiger partial charge in [0.25, 0.3) is 0 Å². The highest BCUT2D eigenvalue weighted by atomic mass is 15.6. The van der Waals surface area contributed by atoms with Gasteiger partial charge < -0.3 is 15.6 Å². The number of H-pyrrole nitrogens is 1. The predicted molar refractivity (Wildman–Crippen MR) is 73.2 cm³/mol. The van der Waals surface area contributed by atoms with Gasteiger partial charge in [0.1, 0.15) is 0 Å². The minimum Gasteiger partial charge on any atom is -0.399 e. The summed E-state index contributed by atoms with van der Waals surface area (Å²) < 4.78 is 0. The van der Waals surface area contributed by atoms with Crippen LogP contribution in [0.15, 0.2) is 18.2 Å². The van der Waals surface area contributed by atoms with Crippen LogP contribution in [0.4, 0.5) is 11.6 Å². The third-order valence-electron chi connectivity index (χ3n) is 3.27. The van der Waals surface area contributed by atoms with E-state index in [1.165, 1.54) is 0 Å². The summed E-state index contributed by atoms with van der Waals surface area (Å²) in [5, 5.41) is 2.18. The largest absolute Gasteiger partial charge is 0.399 e. The lowest BCUT2D eigenvalue weighted by atomic mass is 10.3. The van der Waals surface area contributed by atoms with Crippen molar-refractivity contribution in [3.05, 3.63) is 18.2 Å². The molecular weight excluding hydrogens is 228 g/mol. The number of piperazine rings is 1. The molecule has 0 amide bonds. The summed E-state index contributed by atoms with van der Waals surface area (Å²) in [6.07, 6.45) is 0. The van der Waals surface area contributed by atoms with Crippen molar-refractivity contribution >= 4 is 22.7 Å². The average molecular weight is 246 g/mol. The molecule has 1 aromatic carbocycles. The van der Waals surface area contributed by atoms with Gasteiger partial charge in [-0.25, -0.2) is 9.99 Å². The van der Waals surface area contributed by atoms with Crippen molar-refractivity contribution in [2.45, 2.75) is 0 Å². The Kier molecular flexibility index (Phi) is 2.81. The number of hydrogen-bond acceptors (Lipinski definition) is 5. The highest BCUT2D eigenvalue weighted by Gasteiger charge is 2.14. The fourth-order valence-corrected chi connectivity index (χ4v) is 2.15. The molecular formula is C12H18N6. The van der Waals surface area contributed by atoms with Gasteiger partial charge >= 0.3 is 0 Å². The molecule has 0 bridgehead atoms. The second-order valence-corrected chi connectivity index (χ2v) is 4.76. The Bertz CT molecular complexity index is 540. The number of rotatable bonds is 2. The van der Waals surface area contributed by atoms with Gasteiger partial charge in [0.15, 0.2) is 0 Å². The van der Waals surface area contributed by atoms with Crippen LogP contribution in [-0.4, -0.2) is 53.1 Å². The number of fused-ring (bicyclic) bond motifs is 1. The number of nitrogen functional groups attached to an aromatic ring is 1. The maximum absolute atomic E-state index is 5.75. The van der Waals surface area contributed by atoms with Gasteiger partial charge in [-0.15, -0.1) is 0 Å². The second-order valence-electron chi connectivity index (χ2n) is 4.76. The van der Waals surface area contributed by atoms with Gasteiger partial charge in [-0.1, -0.05) is 0 Å². The van der Waals surface area contributed by atoms with Gasteiger partial charge in [0, 0.05) is 31.9 Å². The van der Waals surface area contributed by atoms with Gasteiger partial charge in [-0.3, -0.25) is 5.43 Å². The first-order valence-corrected chi connectivity index (χ1v) is 6.16. The van der Waals surface area contributed by atoms with Crippen LogP contribution in [0.1, 0.15) is 0 Å². The van der Waals surface area contributed by atoms with Crippen LogP contribution in [-0.2, 0) is 0 Å². The molecule has 1 aromatic heterocycles. The van der Waals surface area contributed by atoms with Gasteiger partial charge in [0.05, 0.1) is 11.0 Å². The molecule has 0 spiro atoms. The summed E-state index contributed by atoms with van der Waals surface area (Å²) in [4.78, 5) is 10.0. The number of hydrazine groups is 1. The standard InChI is InChI=1S/C12H18N6/c1-17-4-6-18(7-5-17)16-12-14-10-3-2-9(13)8-11(10)15-12/h2-3,8H,4-7,13H2,1H3,(H2,14,15,16). The van der Waals surface area contributed by atoms with Gasteiger partial charge in [-0.2, -0.15) is 0 Å². The van der Waals surface area contributed by atoms with Crippen LogP contribution in [0, 0.1) is 0 Å². The molecule has 0 saturated carbocycles. The molecule has 4 N–H and O–H groups in total. The van der Waals surface area contributed by atoms with Crippen molar-refractivity contribution in [1.82, 2.24) is 19.9 Å². The molecule has 96 valence electrons. The molecule has 2 aromatic rings. The zero-order valence-electron chi connectivity index (χ0n) is 10.5. The molecule has 1 saturated heterocycles. The summed E-state index contributed by atoms with van der Waals surface area (Å²) in [5.41, 5.74) is 11.7. The minimum absolute atomic E-state index is 0.747. The van der Waals surface area contributed by atoms with E-state index in [0.29, 0.717) is 0 Å². The first kappa shape index (κ1) is 11.3. The molecule has 3 rings (SSSR count). The summed E-state index contributed by atoms with van der Waals surface area (Å²) >= 11 is 0. The quantitative estimate of drug-likeness (QED) is 0.681. The Morgan fingerprint density at radius 3 is 2.83 bits per heavy atom. The van der Waals surface area contributed by atoms with Crippen molar-refractivity contribution < 1.29 is 0 Å². The lowest BCUT2D eigenvalue weighted by Crippen LogP contribution is -2.47. The molecule has 1 aliphatic heterocycles. The number of nitrogens with one attached hydrogen (secondary N) is 2. The van der Waals surface area contributed by atoms with E-state index < -0.39 is 0 Å². The first-order valence-electron chi connectivity index (χ1n) is 6.16. The van der Waals surface area contributed by atoms with Crippen molar-refractivity contribution in [3.63, 3.8) is 0 Å². The van der Waals surface area contributed by atoms with Crippen LogP contribution in [0.3, 0.4) is 0 Å². The van der Waals surface area contributed by atoms with E-state index in [-0.39, 0.29) is 0 Å². The van der Waals surface area contributed by atoms with E-state index in [9.17, 15) is 0 Å². The van der Waals surface area contributed by atoms with E-state index in [0.717, 1.165) is 48.8 Å². The normalized spacial score (nSPS) is 18.3. The van der Waals surface area contributed by atoms with Crippen molar-refractivity contribution in [1.29, 1.82) is 0 Å². The molecule has 0 aliphatic carbocycles. The Balaban J connectivity index is 1.74. The Morgan fingerprint density at radius 2 is 2.06 bits per heavy atom. The molecule has 0 unspecified atom stereocenters. The SMILES string of the molecule is CN1CCN(Nc2nc3ccc(N)cc3[nH]2)CC1. The Hall–Kier alpha value is -1.79.